The smallest absolute Gasteiger partial charge is 0.255 e. The van der Waals surface area contributed by atoms with E-state index in [2.05, 4.69) is 20.3 Å². The molecule has 3 N–H and O–H groups in total. The first kappa shape index (κ1) is 26.6. The van der Waals surface area contributed by atoms with Crippen LogP contribution in [-0.2, 0) is 6.42 Å². The molecule has 0 saturated carbocycles. The Morgan fingerprint density at radius 1 is 1.00 bits per heavy atom. The van der Waals surface area contributed by atoms with Crippen molar-refractivity contribution in [2.45, 2.75) is 19.8 Å². The molecule has 2 heterocycles. The summed E-state index contributed by atoms with van der Waals surface area (Å²) in [5, 5.41) is 3.65. The zero-order chi connectivity index (χ0) is 28.1. The van der Waals surface area contributed by atoms with Crippen LogP contribution < -0.4 is 20.5 Å². The van der Waals surface area contributed by atoms with Crippen LogP contribution in [0.5, 0.6) is 11.6 Å². The summed E-state index contributed by atoms with van der Waals surface area (Å²) in [6.07, 6.45) is 4.56. The van der Waals surface area contributed by atoms with Crippen LogP contribution in [0.1, 0.15) is 28.0 Å². The number of ether oxygens (including phenoxy) is 2. The van der Waals surface area contributed by atoms with Crippen LogP contribution in [0.2, 0.25) is 0 Å². The average molecular weight is 538 g/mol. The lowest BCUT2D eigenvalue weighted by Gasteiger charge is -2.13. The van der Waals surface area contributed by atoms with Crippen molar-refractivity contribution in [3.63, 3.8) is 0 Å². The first-order valence-corrected chi connectivity index (χ1v) is 12.8. The maximum absolute atomic E-state index is 14.4. The van der Waals surface area contributed by atoms with Gasteiger partial charge in [-0.15, -0.1) is 0 Å². The van der Waals surface area contributed by atoms with Crippen LogP contribution >= 0.6 is 0 Å². The van der Waals surface area contributed by atoms with Gasteiger partial charge in [0.2, 0.25) is 5.88 Å². The lowest BCUT2D eigenvalue weighted by molar-refractivity contribution is 0.102. The lowest BCUT2D eigenvalue weighted by atomic mass is 10.0. The average Bonchev–Trinajstić information content (AvgIpc) is 2.97. The van der Waals surface area contributed by atoms with Gasteiger partial charge in [-0.3, -0.25) is 4.79 Å². The Morgan fingerprint density at radius 3 is 2.55 bits per heavy atom. The third kappa shape index (κ3) is 5.83. The van der Waals surface area contributed by atoms with Gasteiger partial charge in [-0.25, -0.2) is 19.3 Å². The normalized spacial score (nSPS) is 10.9. The van der Waals surface area contributed by atoms with Crippen molar-refractivity contribution in [1.29, 1.82) is 0 Å². The van der Waals surface area contributed by atoms with Crippen LogP contribution in [0.25, 0.3) is 22.0 Å². The van der Waals surface area contributed by atoms with Crippen LogP contribution in [0, 0.1) is 12.7 Å². The molecule has 0 saturated heterocycles. The number of para-hydroxylation sites is 2. The third-order valence-corrected chi connectivity index (χ3v) is 6.53. The molecule has 0 atom stereocenters. The van der Waals surface area contributed by atoms with E-state index in [0.717, 1.165) is 35.0 Å². The summed E-state index contributed by atoms with van der Waals surface area (Å²) in [5.41, 5.74) is 11.4. The van der Waals surface area contributed by atoms with Gasteiger partial charge in [-0.1, -0.05) is 24.3 Å². The predicted molar refractivity (Wildman–Crippen MR) is 153 cm³/mol. The molecule has 5 aromatic rings. The van der Waals surface area contributed by atoms with E-state index in [1.165, 1.54) is 19.5 Å². The number of aromatic nitrogens is 3. The Kier molecular flexibility index (Phi) is 7.82. The number of nitrogen functional groups attached to an aromatic ring is 1. The fraction of sp³-hybridized carbons (Fsp3) is 0.161. The molecule has 1 amide bonds. The molecule has 0 bridgehead atoms. The number of hydrogen-bond donors (Lipinski definition) is 2. The molecule has 0 fully saturated rings. The summed E-state index contributed by atoms with van der Waals surface area (Å²) in [5.74, 6) is -0.239. The molecule has 9 heteroatoms. The fourth-order valence-electron chi connectivity index (χ4n) is 4.36. The summed E-state index contributed by atoms with van der Waals surface area (Å²) in [6.45, 7) is 2.33. The van der Waals surface area contributed by atoms with Crippen molar-refractivity contribution in [2.24, 2.45) is 0 Å². The highest BCUT2D eigenvalue weighted by molar-refractivity contribution is 6.05. The number of carbonyl (C=O) groups excluding carboxylic acids is 1. The first-order chi connectivity index (χ1) is 19.4. The Morgan fingerprint density at radius 2 is 1.80 bits per heavy atom. The minimum Gasteiger partial charge on any atom is -0.491 e. The second-order valence-electron chi connectivity index (χ2n) is 9.24. The number of nitrogens with zero attached hydrogens (tertiary/aromatic N) is 3. The number of anilines is 2. The number of halogens is 1. The number of fused-ring (bicyclic) bond motifs is 1. The van der Waals surface area contributed by atoms with Crippen molar-refractivity contribution in [3.05, 3.63) is 102 Å². The summed E-state index contributed by atoms with van der Waals surface area (Å²) in [4.78, 5) is 25.4. The number of methoxy groups -OCH3 is 1. The molecule has 0 radical (unpaired) electrons. The minimum absolute atomic E-state index is 0.0601. The highest BCUT2D eigenvalue weighted by Gasteiger charge is 2.14. The minimum atomic E-state index is -0.545. The van der Waals surface area contributed by atoms with E-state index in [0.29, 0.717) is 40.4 Å². The molecule has 0 aliphatic rings. The van der Waals surface area contributed by atoms with Gasteiger partial charge in [-0.05, 0) is 73.4 Å². The molecule has 40 heavy (non-hydrogen) atoms. The predicted octanol–water partition coefficient (Wildman–Crippen LogP) is 5.99. The maximum Gasteiger partial charge on any atom is 0.255 e. The van der Waals surface area contributed by atoms with Crippen molar-refractivity contribution >= 4 is 28.2 Å². The molecule has 2 aromatic heterocycles. The molecule has 3 aromatic carbocycles. The van der Waals surface area contributed by atoms with Crippen LogP contribution in [0.15, 0.2) is 79.3 Å². The van der Waals surface area contributed by atoms with Gasteiger partial charge in [-0.2, -0.15) is 0 Å². The zero-order valence-electron chi connectivity index (χ0n) is 22.1. The fourth-order valence-corrected chi connectivity index (χ4v) is 4.36. The Hall–Kier alpha value is -5.05. The first-order valence-electron chi connectivity index (χ1n) is 12.8. The van der Waals surface area contributed by atoms with E-state index in [-0.39, 0.29) is 11.8 Å². The molecule has 0 spiro atoms. The second kappa shape index (κ2) is 11.8. The largest absolute Gasteiger partial charge is 0.491 e. The number of amides is 1. The Bertz CT molecular complexity index is 1670. The van der Waals surface area contributed by atoms with Crippen molar-refractivity contribution in [3.8, 4) is 22.8 Å². The molecule has 0 unspecified atom stereocenters. The number of benzene rings is 3. The van der Waals surface area contributed by atoms with E-state index in [4.69, 9.17) is 15.2 Å². The van der Waals surface area contributed by atoms with Gasteiger partial charge in [0.15, 0.2) is 5.82 Å². The summed E-state index contributed by atoms with van der Waals surface area (Å²) >= 11 is 0. The third-order valence-electron chi connectivity index (χ3n) is 6.53. The highest BCUT2D eigenvalue weighted by atomic mass is 19.1. The Balaban J connectivity index is 1.25. The van der Waals surface area contributed by atoms with E-state index in [1.807, 2.05) is 43.3 Å². The summed E-state index contributed by atoms with van der Waals surface area (Å²) in [6, 6.07) is 19.7. The standard InChI is InChI=1S/C31H28FN5O3/c1-19-24-14-22(23-15-25(32)31(39-2)34-17-23)16-28(29(24)36-18-35-19)40-13-5-6-20-9-11-21(12-10-20)30(38)37-27-8-4-3-7-26(27)33/h3-4,7-12,14-18H,5-6,13,33H2,1-2H3,(H,37,38). The highest BCUT2D eigenvalue weighted by Crippen LogP contribution is 2.33. The van der Waals surface area contributed by atoms with E-state index in [9.17, 15) is 9.18 Å². The van der Waals surface area contributed by atoms with Crippen LogP contribution in [0.4, 0.5) is 15.8 Å². The second-order valence-corrected chi connectivity index (χ2v) is 9.24. The number of rotatable bonds is 9. The summed E-state index contributed by atoms with van der Waals surface area (Å²) in [7, 11) is 1.38. The lowest BCUT2D eigenvalue weighted by Crippen LogP contribution is -2.13. The SMILES string of the molecule is COc1ncc(-c2cc(OCCCc3ccc(C(=O)Nc4ccccc4N)cc3)c3ncnc(C)c3c2)cc1F. The van der Waals surface area contributed by atoms with Crippen molar-refractivity contribution in [1.82, 2.24) is 15.0 Å². The quantitative estimate of drug-likeness (QED) is 0.175. The van der Waals surface area contributed by atoms with Gasteiger partial charge in [0.05, 0.1) is 25.1 Å². The van der Waals surface area contributed by atoms with E-state index < -0.39 is 5.82 Å². The van der Waals surface area contributed by atoms with Gasteiger partial charge in [0.1, 0.15) is 17.6 Å². The molecule has 0 aliphatic carbocycles. The summed E-state index contributed by atoms with van der Waals surface area (Å²) < 4.78 is 25.5. The molecule has 202 valence electrons. The zero-order valence-corrected chi connectivity index (χ0v) is 22.1. The molecule has 0 aliphatic heterocycles. The van der Waals surface area contributed by atoms with Crippen LogP contribution in [-0.4, -0.2) is 34.6 Å². The van der Waals surface area contributed by atoms with E-state index >= 15 is 0 Å². The van der Waals surface area contributed by atoms with Crippen molar-refractivity contribution in [2.75, 3.05) is 24.8 Å². The number of carbonyl (C=O) groups is 1. The molecule has 5 rings (SSSR count). The number of nitrogens with two attached hydrogens (primary N) is 1. The molecule has 8 nitrogen and oxygen atoms in total. The molecular weight excluding hydrogens is 509 g/mol. The van der Waals surface area contributed by atoms with Gasteiger partial charge in [0.25, 0.3) is 5.91 Å². The van der Waals surface area contributed by atoms with Gasteiger partial charge >= 0.3 is 0 Å². The molecular formula is C31H28FN5O3. The number of pyridine rings is 1. The Labute approximate surface area is 231 Å². The van der Waals surface area contributed by atoms with Gasteiger partial charge in [0, 0.05) is 28.4 Å². The maximum atomic E-state index is 14.4. The van der Waals surface area contributed by atoms with E-state index in [1.54, 1.807) is 30.5 Å². The monoisotopic (exact) mass is 537 g/mol. The van der Waals surface area contributed by atoms with Gasteiger partial charge < -0.3 is 20.5 Å². The topological polar surface area (TPSA) is 112 Å². The number of aryl methyl sites for hydroxylation is 2. The van der Waals surface area contributed by atoms with Crippen molar-refractivity contribution < 1.29 is 18.7 Å². The van der Waals surface area contributed by atoms with Crippen LogP contribution in [0.3, 0.4) is 0 Å². The number of hydrogen-bond acceptors (Lipinski definition) is 7. The number of nitrogens with one attached hydrogen (secondary N) is 1.